The van der Waals surface area contributed by atoms with Crippen molar-refractivity contribution in [3.05, 3.63) is 41.4 Å². The molecule has 1 heterocycles. The number of benzene rings is 1. The number of hydrogen-bond acceptors (Lipinski definition) is 5. The zero-order valence-corrected chi connectivity index (χ0v) is 15.4. The van der Waals surface area contributed by atoms with E-state index < -0.39 is 6.04 Å². The van der Waals surface area contributed by atoms with Gasteiger partial charge in [-0.3, -0.25) is 9.59 Å². The SMILES string of the molecule is CSCC[C@H](NC(C)=O)C(=O)NCc1csc(-c2ccccc2)n1. The molecule has 7 heteroatoms. The van der Waals surface area contributed by atoms with Crippen molar-refractivity contribution in [2.45, 2.75) is 25.9 Å². The van der Waals surface area contributed by atoms with Crippen LogP contribution in [0.3, 0.4) is 0 Å². The zero-order valence-electron chi connectivity index (χ0n) is 13.7. The Kier molecular flexibility index (Phi) is 7.27. The number of thiazole rings is 1. The number of hydrogen-bond donors (Lipinski definition) is 2. The van der Waals surface area contributed by atoms with Crippen LogP contribution in [0.1, 0.15) is 19.0 Å². The lowest BCUT2D eigenvalue weighted by molar-refractivity contribution is -0.128. The Balaban J connectivity index is 1.92. The monoisotopic (exact) mass is 363 g/mol. The first-order chi connectivity index (χ1) is 11.6. The second kappa shape index (κ2) is 9.44. The van der Waals surface area contributed by atoms with Gasteiger partial charge >= 0.3 is 0 Å². The van der Waals surface area contributed by atoms with E-state index in [0.717, 1.165) is 22.0 Å². The first-order valence-electron chi connectivity index (χ1n) is 7.63. The number of carbonyl (C=O) groups is 2. The Hall–Kier alpha value is -1.86. The van der Waals surface area contributed by atoms with E-state index in [-0.39, 0.29) is 11.8 Å². The summed E-state index contributed by atoms with van der Waals surface area (Å²) in [6.07, 6.45) is 2.59. The van der Waals surface area contributed by atoms with E-state index in [1.165, 1.54) is 6.92 Å². The lowest BCUT2D eigenvalue weighted by atomic mass is 10.2. The number of amides is 2. The highest BCUT2D eigenvalue weighted by atomic mass is 32.2. The molecule has 0 aliphatic carbocycles. The highest BCUT2D eigenvalue weighted by Gasteiger charge is 2.19. The van der Waals surface area contributed by atoms with Gasteiger partial charge in [0.15, 0.2) is 0 Å². The Morgan fingerprint density at radius 3 is 2.71 bits per heavy atom. The number of nitrogens with zero attached hydrogens (tertiary/aromatic N) is 1. The summed E-state index contributed by atoms with van der Waals surface area (Å²) in [6, 6.07) is 9.44. The Bertz CT molecular complexity index is 673. The van der Waals surface area contributed by atoms with Crippen molar-refractivity contribution < 1.29 is 9.59 Å². The quantitative estimate of drug-likeness (QED) is 0.756. The van der Waals surface area contributed by atoms with Crippen LogP contribution in [0.5, 0.6) is 0 Å². The van der Waals surface area contributed by atoms with Crippen LogP contribution < -0.4 is 10.6 Å². The number of rotatable bonds is 8. The summed E-state index contributed by atoms with van der Waals surface area (Å²) in [5.74, 6) is 0.442. The fourth-order valence-electron chi connectivity index (χ4n) is 2.15. The Morgan fingerprint density at radius 2 is 2.04 bits per heavy atom. The molecular weight excluding hydrogens is 342 g/mol. The highest BCUT2D eigenvalue weighted by Crippen LogP contribution is 2.23. The van der Waals surface area contributed by atoms with Crippen molar-refractivity contribution in [1.82, 2.24) is 15.6 Å². The second-order valence-corrected chi connectivity index (χ2v) is 7.11. The molecule has 0 aliphatic rings. The predicted molar refractivity (Wildman–Crippen MR) is 100 cm³/mol. The van der Waals surface area contributed by atoms with Gasteiger partial charge in [-0.1, -0.05) is 30.3 Å². The summed E-state index contributed by atoms with van der Waals surface area (Å²) < 4.78 is 0. The maximum absolute atomic E-state index is 12.3. The van der Waals surface area contributed by atoms with E-state index in [1.54, 1.807) is 23.1 Å². The minimum Gasteiger partial charge on any atom is -0.349 e. The molecule has 0 bridgehead atoms. The summed E-state index contributed by atoms with van der Waals surface area (Å²) in [4.78, 5) is 28.1. The van der Waals surface area contributed by atoms with Crippen molar-refractivity contribution in [3.63, 3.8) is 0 Å². The molecule has 0 saturated carbocycles. The van der Waals surface area contributed by atoms with Gasteiger partial charge in [0.1, 0.15) is 11.0 Å². The number of nitrogens with one attached hydrogen (secondary N) is 2. The van der Waals surface area contributed by atoms with Gasteiger partial charge in [0, 0.05) is 17.9 Å². The van der Waals surface area contributed by atoms with Crippen LogP contribution in [0, 0.1) is 0 Å². The topological polar surface area (TPSA) is 71.1 Å². The van der Waals surface area contributed by atoms with Crippen LogP contribution in [0.2, 0.25) is 0 Å². The van der Waals surface area contributed by atoms with E-state index in [2.05, 4.69) is 15.6 Å². The largest absolute Gasteiger partial charge is 0.349 e. The molecule has 1 aromatic heterocycles. The lowest BCUT2D eigenvalue weighted by Crippen LogP contribution is -2.46. The summed E-state index contributed by atoms with van der Waals surface area (Å²) in [7, 11) is 0. The van der Waals surface area contributed by atoms with Gasteiger partial charge < -0.3 is 10.6 Å². The van der Waals surface area contributed by atoms with Crippen molar-refractivity contribution >= 4 is 34.9 Å². The van der Waals surface area contributed by atoms with Crippen molar-refractivity contribution in [2.24, 2.45) is 0 Å². The molecule has 2 rings (SSSR count). The molecule has 5 nitrogen and oxygen atoms in total. The molecule has 2 aromatic rings. The van der Waals surface area contributed by atoms with Gasteiger partial charge in [-0.2, -0.15) is 11.8 Å². The van der Waals surface area contributed by atoms with Crippen LogP contribution in [-0.2, 0) is 16.1 Å². The summed E-state index contributed by atoms with van der Waals surface area (Å²) >= 11 is 3.20. The van der Waals surface area contributed by atoms with E-state index in [0.29, 0.717) is 13.0 Å². The summed E-state index contributed by atoms with van der Waals surface area (Å²) in [5, 5.41) is 8.43. The first kappa shape index (κ1) is 18.5. The fraction of sp³-hybridized carbons (Fsp3) is 0.353. The minimum atomic E-state index is -0.498. The van der Waals surface area contributed by atoms with Gasteiger partial charge in [0.05, 0.1) is 12.2 Å². The molecule has 0 aliphatic heterocycles. The van der Waals surface area contributed by atoms with Crippen molar-refractivity contribution in [3.8, 4) is 10.6 Å². The molecule has 2 N–H and O–H groups in total. The smallest absolute Gasteiger partial charge is 0.242 e. The lowest BCUT2D eigenvalue weighted by Gasteiger charge is -2.16. The van der Waals surface area contributed by atoms with E-state index >= 15 is 0 Å². The van der Waals surface area contributed by atoms with Crippen molar-refractivity contribution in [1.29, 1.82) is 0 Å². The average Bonchev–Trinajstić information content (AvgIpc) is 3.06. The Morgan fingerprint density at radius 1 is 1.29 bits per heavy atom. The molecule has 2 amide bonds. The van der Waals surface area contributed by atoms with Crippen LogP contribution in [0.4, 0.5) is 0 Å². The second-order valence-electron chi connectivity index (χ2n) is 5.26. The number of carbonyl (C=O) groups excluding carboxylic acids is 2. The van der Waals surface area contributed by atoms with E-state index in [1.807, 2.05) is 42.0 Å². The Labute approximate surface area is 150 Å². The maximum Gasteiger partial charge on any atom is 0.242 e. The standard InChI is InChI=1S/C17H21N3O2S2/c1-12(21)19-15(8-9-23-2)16(22)18-10-14-11-24-17(20-14)13-6-4-3-5-7-13/h3-7,11,15H,8-10H2,1-2H3,(H,18,22)(H,19,21)/t15-/m0/s1. The number of thioether (sulfide) groups is 1. The highest BCUT2D eigenvalue weighted by molar-refractivity contribution is 7.98. The van der Waals surface area contributed by atoms with Crippen LogP contribution >= 0.6 is 23.1 Å². The van der Waals surface area contributed by atoms with Gasteiger partial charge in [-0.05, 0) is 18.4 Å². The van der Waals surface area contributed by atoms with Crippen LogP contribution in [-0.4, -0.2) is 34.8 Å². The molecule has 1 atom stereocenters. The van der Waals surface area contributed by atoms with Crippen molar-refractivity contribution in [2.75, 3.05) is 12.0 Å². The molecule has 0 saturated heterocycles. The number of aromatic nitrogens is 1. The maximum atomic E-state index is 12.3. The zero-order chi connectivity index (χ0) is 17.4. The molecule has 128 valence electrons. The molecular formula is C17H21N3O2S2. The average molecular weight is 364 g/mol. The third-order valence-electron chi connectivity index (χ3n) is 3.32. The molecule has 0 fully saturated rings. The van der Waals surface area contributed by atoms with Crippen LogP contribution in [0.25, 0.3) is 10.6 Å². The minimum absolute atomic E-state index is 0.173. The summed E-state index contributed by atoms with van der Waals surface area (Å²) in [5.41, 5.74) is 1.88. The molecule has 24 heavy (non-hydrogen) atoms. The third kappa shape index (κ3) is 5.65. The van der Waals surface area contributed by atoms with E-state index in [4.69, 9.17) is 0 Å². The van der Waals surface area contributed by atoms with Gasteiger partial charge in [-0.25, -0.2) is 4.98 Å². The molecule has 1 aromatic carbocycles. The summed E-state index contributed by atoms with van der Waals surface area (Å²) in [6.45, 7) is 1.78. The molecule has 0 unspecified atom stereocenters. The predicted octanol–water partition coefficient (Wildman–Crippen LogP) is 2.68. The van der Waals surface area contributed by atoms with E-state index in [9.17, 15) is 9.59 Å². The normalized spacial score (nSPS) is 11.8. The van der Waals surface area contributed by atoms with Gasteiger partial charge in [0.25, 0.3) is 0 Å². The first-order valence-corrected chi connectivity index (χ1v) is 9.91. The molecule has 0 radical (unpaired) electrons. The van der Waals surface area contributed by atoms with Gasteiger partial charge in [-0.15, -0.1) is 11.3 Å². The van der Waals surface area contributed by atoms with Crippen LogP contribution in [0.15, 0.2) is 35.7 Å². The molecule has 0 spiro atoms. The van der Waals surface area contributed by atoms with Gasteiger partial charge in [0.2, 0.25) is 11.8 Å². The fourth-order valence-corrected chi connectivity index (χ4v) is 3.45. The third-order valence-corrected chi connectivity index (χ3v) is 4.90.